The first-order valence-electron chi connectivity index (χ1n) is 20.4. The average molecular weight is 998 g/mol. The maximum atomic E-state index is 7.34. The normalized spacial score (nSPS) is 32.9. The molecule has 4 radical (unpaired) electrons. The first kappa shape index (κ1) is 50.9. The first-order chi connectivity index (χ1) is 24.9. The summed E-state index contributed by atoms with van der Waals surface area (Å²) in [5.74, 6) is 0. The van der Waals surface area contributed by atoms with Crippen molar-refractivity contribution in [2.24, 2.45) is 0 Å². The molecule has 3 aliphatic rings. The van der Waals surface area contributed by atoms with Crippen LogP contribution in [0.4, 0.5) is 0 Å². The summed E-state index contributed by atoms with van der Waals surface area (Å²) in [6, 6.07) is 7.72. The summed E-state index contributed by atoms with van der Waals surface area (Å²) < 4.78 is 80.1. The Morgan fingerprint density at radius 3 is 1.43 bits per heavy atom. The van der Waals surface area contributed by atoms with Gasteiger partial charge in [-0.1, -0.05) is 6.42 Å². The van der Waals surface area contributed by atoms with Gasteiger partial charge >= 0.3 is 36.7 Å². The van der Waals surface area contributed by atoms with Gasteiger partial charge in [-0.2, -0.15) is 0 Å². The SMILES string of the molecule is CC1C[SiH](C)O[SiH](C)O[Si](CC[Si](C)(C)O[Si](C)(O[Si](C)(C)CCC[Si]2O[SiH](C)C[Si](C)O[SiH](C)O2)O[Si](C)(C)CC[Si]2OC(C)C[SiH](C)O[SiH](C)O2)O1. The lowest BCUT2D eigenvalue weighted by Gasteiger charge is -2.43. The van der Waals surface area contributed by atoms with Crippen molar-refractivity contribution in [2.75, 3.05) is 0 Å². The van der Waals surface area contributed by atoms with Gasteiger partial charge in [0.05, 0.1) is 0 Å². The molecule has 0 aromatic heterocycles. The first-order valence-corrected chi connectivity index (χ1v) is 52.3. The molecular formula is C28H76O12Si14. The monoisotopic (exact) mass is 996 g/mol. The molecule has 316 valence electrons. The Labute approximate surface area is 351 Å². The molecule has 8 unspecified atom stereocenters. The topological polar surface area (TPSA) is 111 Å². The molecule has 3 aliphatic heterocycles. The van der Waals surface area contributed by atoms with E-state index >= 15 is 0 Å². The van der Waals surface area contributed by atoms with E-state index < -0.39 is 126 Å². The molecule has 0 spiro atoms. The van der Waals surface area contributed by atoms with E-state index in [1.54, 1.807) is 0 Å². The predicted molar refractivity (Wildman–Crippen MR) is 251 cm³/mol. The molecule has 0 aromatic rings. The van der Waals surface area contributed by atoms with Gasteiger partial charge in [0.25, 0.3) is 27.9 Å². The fraction of sp³-hybridized carbons (Fsp3) is 1.00. The van der Waals surface area contributed by atoms with Crippen molar-refractivity contribution in [2.45, 2.75) is 178 Å². The summed E-state index contributed by atoms with van der Waals surface area (Å²) in [4.78, 5) is 0. The standard InChI is InChI=1S/C28H76O12Si14/c1-27-24-41(3)31-45(7)35-48(29-27)19-22-52(12,13)39-54(16,40-53(14,15)23-20-49-30-28(2)25-42(4)32-46(8)36-49)38-51(10,11)21-17-18-50-34-44(6)26-43(5)33-47(9)37-50/h27-28,41-42,44-47H,17-26H2,1-16H3. The minimum absolute atomic E-state index is 0.186. The second-order valence-electron chi connectivity index (χ2n) is 17.6. The Hall–Kier alpha value is 2.56. The van der Waals surface area contributed by atoms with Crippen molar-refractivity contribution in [3.63, 3.8) is 0 Å². The zero-order valence-corrected chi connectivity index (χ0v) is 51.5. The molecule has 8 atom stereocenters. The molecular weight excluding hydrogens is 922 g/mol. The molecule has 0 aromatic carbocycles. The van der Waals surface area contributed by atoms with Crippen molar-refractivity contribution in [3.05, 3.63) is 0 Å². The van der Waals surface area contributed by atoms with Gasteiger partial charge in [0.15, 0.2) is 61.1 Å². The third-order valence-corrected chi connectivity index (χ3v) is 56.1. The lowest BCUT2D eigenvalue weighted by molar-refractivity contribution is 0.184. The molecule has 3 rings (SSSR count). The average Bonchev–Trinajstić information content (AvgIpc) is 2.94. The van der Waals surface area contributed by atoms with Crippen molar-refractivity contribution < 1.29 is 50.0 Å². The quantitative estimate of drug-likeness (QED) is 0.174. The fourth-order valence-electron chi connectivity index (χ4n) is 7.51. The third-order valence-electron chi connectivity index (χ3n) is 9.41. The summed E-state index contributed by atoms with van der Waals surface area (Å²) in [7, 11) is -23.6. The van der Waals surface area contributed by atoms with Crippen LogP contribution in [0.2, 0.25) is 146 Å². The van der Waals surface area contributed by atoms with Crippen molar-refractivity contribution in [1.29, 1.82) is 0 Å². The van der Waals surface area contributed by atoms with Crippen LogP contribution < -0.4 is 0 Å². The van der Waals surface area contributed by atoms with Crippen molar-refractivity contribution in [1.82, 2.24) is 0 Å². The molecule has 3 fully saturated rings. The Kier molecular flexibility index (Phi) is 21.8. The minimum Gasteiger partial charge on any atom is -0.441 e. The van der Waals surface area contributed by atoms with Gasteiger partial charge in [-0.05, 0) is 153 Å². The van der Waals surface area contributed by atoms with Gasteiger partial charge in [0.1, 0.15) is 0 Å². The zero-order chi connectivity index (χ0) is 40.5. The Balaban J connectivity index is 1.72. The van der Waals surface area contributed by atoms with E-state index in [1.807, 2.05) is 0 Å². The lowest BCUT2D eigenvalue weighted by Crippen LogP contribution is -2.60. The zero-order valence-electron chi connectivity index (χ0n) is 36.6. The molecule has 26 heteroatoms. The Morgan fingerprint density at radius 1 is 0.537 bits per heavy atom. The summed E-state index contributed by atoms with van der Waals surface area (Å²) in [6.07, 6.45) is 1.40. The second-order valence-corrected chi connectivity index (χ2v) is 57.2. The van der Waals surface area contributed by atoms with Crippen LogP contribution in [0, 0.1) is 0 Å². The van der Waals surface area contributed by atoms with E-state index in [2.05, 4.69) is 106 Å². The van der Waals surface area contributed by atoms with Gasteiger partial charge in [-0.25, -0.2) is 0 Å². The Morgan fingerprint density at radius 2 is 0.963 bits per heavy atom. The van der Waals surface area contributed by atoms with Gasteiger partial charge in [-0.15, -0.1) is 0 Å². The van der Waals surface area contributed by atoms with Crippen molar-refractivity contribution in [3.8, 4) is 0 Å². The highest BCUT2D eigenvalue weighted by Gasteiger charge is 2.49. The molecule has 12 nitrogen and oxygen atoms in total. The van der Waals surface area contributed by atoms with E-state index in [4.69, 9.17) is 50.0 Å². The van der Waals surface area contributed by atoms with Crippen LogP contribution >= 0.6 is 0 Å². The summed E-state index contributed by atoms with van der Waals surface area (Å²) >= 11 is 0. The molecule has 0 amide bonds. The van der Waals surface area contributed by atoms with E-state index in [-0.39, 0.29) is 12.2 Å². The Bertz CT molecular complexity index is 1010. The molecule has 0 saturated carbocycles. The van der Waals surface area contributed by atoms with Crippen LogP contribution in [0.15, 0.2) is 0 Å². The van der Waals surface area contributed by atoms with E-state index in [0.717, 1.165) is 60.4 Å². The maximum Gasteiger partial charge on any atom is 0.466 e. The van der Waals surface area contributed by atoms with E-state index in [9.17, 15) is 0 Å². The van der Waals surface area contributed by atoms with Crippen LogP contribution in [0.1, 0.15) is 20.3 Å². The van der Waals surface area contributed by atoms with E-state index in [1.165, 1.54) is 0 Å². The highest BCUT2D eigenvalue weighted by Crippen LogP contribution is 2.33. The van der Waals surface area contributed by atoms with Gasteiger partial charge in [0, 0.05) is 18.8 Å². The molecule has 0 N–H and O–H groups in total. The molecule has 0 bridgehead atoms. The van der Waals surface area contributed by atoms with Gasteiger partial charge < -0.3 is 50.0 Å². The van der Waals surface area contributed by atoms with Crippen LogP contribution in [-0.4, -0.2) is 138 Å². The van der Waals surface area contributed by atoms with Crippen molar-refractivity contribution >= 4 is 126 Å². The molecule has 0 aliphatic carbocycles. The van der Waals surface area contributed by atoms with E-state index in [0.29, 0.717) is 0 Å². The number of hydrogen-bond donors (Lipinski definition) is 0. The van der Waals surface area contributed by atoms with Crippen LogP contribution in [0.5, 0.6) is 0 Å². The smallest absolute Gasteiger partial charge is 0.441 e. The fourth-order valence-corrected chi connectivity index (χ4v) is 59.8. The highest BCUT2D eigenvalue weighted by molar-refractivity contribution is 6.91. The lowest BCUT2D eigenvalue weighted by atomic mass is 10.5. The van der Waals surface area contributed by atoms with Gasteiger partial charge in [0.2, 0.25) is 0 Å². The minimum atomic E-state index is -3.10. The summed E-state index contributed by atoms with van der Waals surface area (Å²) in [5.41, 5.74) is 1.16. The predicted octanol–water partition coefficient (Wildman–Crippen LogP) is 5.81. The van der Waals surface area contributed by atoms with Gasteiger partial charge in [-0.3, -0.25) is 0 Å². The number of hydrogen-bond acceptors (Lipinski definition) is 12. The van der Waals surface area contributed by atoms with Crippen LogP contribution in [0.3, 0.4) is 0 Å². The van der Waals surface area contributed by atoms with Crippen LogP contribution in [-0.2, 0) is 50.0 Å². The largest absolute Gasteiger partial charge is 0.466 e. The molecule has 3 saturated heterocycles. The number of rotatable bonds is 16. The molecule has 54 heavy (non-hydrogen) atoms. The summed E-state index contributed by atoms with van der Waals surface area (Å²) in [5, 5.41) is 0. The maximum absolute atomic E-state index is 7.34. The third kappa shape index (κ3) is 20.4. The summed E-state index contributed by atoms with van der Waals surface area (Å²) in [6.45, 7) is 36.1. The van der Waals surface area contributed by atoms with Crippen LogP contribution in [0.25, 0.3) is 0 Å². The molecule has 3 heterocycles. The highest BCUT2D eigenvalue weighted by atomic mass is 28.5. The second kappa shape index (κ2) is 23.1.